The summed E-state index contributed by atoms with van der Waals surface area (Å²) in [5.41, 5.74) is 2.11. The van der Waals surface area contributed by atoms with E-state index in [-0.39, 0.29) is 17.4 Å². The van der Waals surface area contributed by atoms with Crippen LogP contribution in [0.4, 0.5) is 8.78 Å². The van der Waals surface area contributed by atoms with Crippen LogP contribution in [0.5, 0.6) is 0 Å². The molecule has 0 aliphatic carbocycles. The van der Waals surface area contributed by atoms with Crippen molar-refractivity contribution in [3.05, 3.63) is 66.1 Å². The first-order valence-corrected chi connectivity index (χ1v) is 9.51. The summed E-state index contributed by atoms with van der Waals surface area (Å²) in [6.45, 7) is 3.56. The van der Waals surface area contributed by atoms with Gasteiger partial charge in [0.25, 0.3) is 12.2 Å². The average molecular weight is 395 g/mol. The molecule has 1 aliphatic heterocycles. The number of benzene rings is 1. The third-order valence-electron chi connectivity index (χ3n) is 5.33. The number of rotatable bonds is 4. The van der Waals surface area contributed by atoms with E-state index in [1.54, 1.807) is 0 Å². The Morgan fingerprint density at radius 1 is 1.24 bits per heavy atom. The Kier molecular flexibility index (Phi) is 4.26. The molecule has 1 aromatic carbocycles. The molecule has 0 amide bonds. The first kappa shape index (κ1) is 17.8. The van der Waals surface area contributed by atoms with Crippen LogP contribution in [0.25, 0.3) is 22.3 Å². The van der Waals surface area contributed by atoms with Crippen molar-refractivity contribution in [2.75, 3.05) is 6.54 Å². The highest BCUT2D eigenvalue weighted by Crippen LogP contribution is 2.33. The summed E-state index contributed by atoms with van der Waals surface area (Å²) in [7, 11) is 0. The molecule has 8 heteroatoms. The summed E-state index contributed by atoms with van der Waals surface area (Å²) in [5.74, 6) is 1.24. The minimum absolute atomic E-state index is 0.181. The lowest BCUT2D eigenvalue weighted by molar-refractivity contribution is 0.146. The Balaban J connectivity index is 1.52. The zero-order valence-electron chi connectivity index (χ0n) is 15.8. The van der Waals surface area contributed by atoms with Crippen molar-refractivity contribution in [3.63, 3.8) is 0 Å². The molecule has 5 rings (SSSR count). The number of para-hydroxylation sites is 1. The second kappa shape index (κ2) is 6.95. The van der Waals surface area contributed by atoms with Gasteiger partial charge in [0.05, 0.1) is 12.2 Å². The Labute approximate surface area is 165 Å². The standard InChI is InChI=1S/C21H19F2N5O/c1-13-6-7-27(10-15-8-14-4-2-3-5-19(14)29-15)11-16(13)18-9-17(20(22)23)26-21-24-12-25-28(18)21/h2-5,8-9,11-13,20H,6-7,10H2,1H3/t13-/m0/s1. The first-order chi connectivity index (χ1) is 14.1. The van der Waals surface area contributed by atoms with Crippen molar-refractivity contribution in [2.24, 2.45) is 5.92 Å². The number of halogens is 2. The number of furan rings is 1. The third-order valence-corrected chi connectivity index (χ3v) is 5.33. The Morgan fingerprint density at radius 2 is 2.10 bits per heavy atom. The van der Waals surface area contributed by atoms with Gasteiger partial charge in [-0.1, -0.05) is 25.1 Å². The predicted octanol–water partition coefficient (Wildman–Crippen LogP) is 4.69. The largest absolute Gasteiger partial charge is 0.459 e. The van der Waals surface area contributed by atoms with Crippen molar-refractivity contribution in [1.29, 1.82) is 0 Å². The maximum Gasteiger partial charge on any atom is 0.280 e. The maximum atomic E-state index is 13.3. The lowest BCUT2D eigenvalue weighted by atomic mass is 9.92. The summed E-state index contributed by atoms with van der Waals surface area (Å²) < 4.78 is 34.2. The van der Waals surface area contributed by atoms with E-state index in [4.69, 9.17) is 4.42 Å². The lowest BCUT2D eigenvalue weighted by Gasteiger charge is -2.30. The summed E-state index contributed by atoms with van der Waals surface area (Å²) in [4.78, 5) is 10.1. The minimum atomic E-state index is -2.67. The molecule has 1 atom stereocenters. The molecular weight excluding hydrogens is 376 g/mol. The number of allylic oxidation sites excluding steroid dienone is 1. The van der Waals surface area contributed by atoms with Gasteiger partial charge in [0.1, 0.15) is 23.4 Å². The van der Waals surface area contributed by atoms with Crippen LogP contribution in [-0.2, 0) is 6.54 Å². The number of fused-ring (bicyclic) bond motifs is 2. The maximum absolute atomic E-state index is 13.3. The van der Waals surface area contributed by atoms with Gasteiger partial charge in [-0.2, -0.15) is 14.6 Å². The molecular formula is C21H19F2N5O. The zero-order chi connectivity index (χ0) is 20.0. The molecule has 0 spiro atoms. The summed E-state index contributed by atoms with van der Waals surface area (Å²) in [5, 5.41) is 5.25. The van der Waals surface area contributed by atoms with Crippen LogP contribution in [0.1, 0.15) is 36.9 Å². The fourth-order valence-corrected chi connectivity index (χ4v) is 3.81. The van der Waals surface area contributed by atoms with Crippen molar-refractivity contribution in [2.45, 2.75) is 26.3 Å². The summed E-state index contributed by atoms with van der Waals surface area (Å²) >= 11 is 0. The summed E-state index contributed by atoms with van der Waals surface area (Å²) in [6.07, 6.45) is 1.59. The van der Waals surface area contributed by atoms with Gasteiger partial charge < -0.3 is 9.32 Å². The van der Waals surface area contributed by atoms with Crippen LogP contribution in [-0.4, -0.2) is 31.0 Å². The van der Waals surface area contributed by atoms with Crippen LogP contribution < -0.4 is 0 Å². The first-order valence-electron chi connectivity index (χ1n) is 9.51. The molecule has 3 aromatic heterocycles. The number of alkyl halides is 2. The van der Waals surface area contributed by atoms with Gasteiger partial charge in [0, 0.05) is 18.1 Å². The highest BCUT2D eigenvalue weighted by Gasteiger charge is 2.24. The molecule has 0 saturated heterocycles. The normalized spacial score (nSPS) is 17.4. The number of hydrogen-bond acceptors (Lipinski definition) is 5. The van der Waals surface area contributed by atoms with Crippen molar-refractivity contribution in [3.8, 4) is 0 Å². The Morgan fingerprint density at radius 3 is 2.93 bits per heavy atom. The number of hydrogen-bond donors (Lipinski definition) is 0. The molecule has 4 aromatic rings. The van der Waals surface area contributed by atoms with Crippen LogP contribution in [0.2, 0.25) is 0 Å². The van der Waals surface area contributed by atoms with Crippen LogP contribution >= 0.6 is 0 Å². The van der Waals surface area contributed by atoms with Gasteiger partial charge in [-0.25, -0.2) is 13.8 Å². The van der Waals surface area contributed by atoms with E-state index in [9.17, 15) is 8.78 Å². The van der Waals surface area contributed by atoms with E-state index in [0.717, 1.165) is 35.3 Å². The van der Waals surface area contributed by atoms with Gasteiger partial charge >= 0.3 is 0 Å². The smallest absolute Gasteiger partial charge is 0.280 e. The van der Waals surface area contributed by atoms with Crippen molar-refractivity contribution in [1.82, 2.24) is 24.5 Å². The average Bonchev–Trinajstić information content (AvgIpc) is 3.34. The monoisotopic (exact) mass is 395 g/mol. The fraction of sp³-hybridized carbons (Fsp3) is 0.286. The third kappa shape index (κ3) is 3.24. The molecule has 1 aliphatic rings. The molecule has 0 bridgehead atoms. The predicted molar refractivity (Wildman–Crippen MR) is 104 cm³/mol. The van der Waals surface area contributed by atoms with E-state index in [1.807, 2.05) is 36.5 Å². The Hall–Kier alpha value is -3.29. The van der Waals surface area contributed by atoms with Gasteiger partial charge in [-0.3, -0.25) is 0 Å². The van der Waals surface area contributed by atoms with E-state index < -0.39 is 6.43 Å². The van der Waals surface area contributed by atoms with Gasteiger partial charge in [-0.15, -0.1) is 0 Å². The molecule has 0 unspecified atom stereocenters. The highest BCUT2D eigenvalue weighted by molar-refractivity contribution is 5.77. The van der Waals surface area contributed by atoms with Gasteiger partial charge in [-0.05, 0) is 36.1 Å². The quantitative estimate of drug-likeness (QED) is 0.502. The number of nitrogens with zero attached hydrogens (tertiary/aromatic N) is 5. The van der Waals surface area contributed by atoms with Crippen LogP contribution in [0.15, 0.2) is 53.3 Å². The topological polar surface area (TPSA) is 59.5 Å². The molecule has 29 heavy (non-hydrogen) atoms. The zero-order valence-corrected chi connectivity index (χ0v) is 15.8. The molecule has 4 heterocycles. The second-order valence-corrected chi connectivity index (χ2v) is 7.33. The number of aromatic nitrogens is 4. The van der Waals surface area contributed by atoms with E-state index in [2.05, 4.69) is 26.9 Å². The van der Waals surface area contributed by atoms with Crippen molar-refractivity contribution < 1.29 is 13.2 Å². The highest BCUT2D eigenvalue weighted by atomic mass is 19.3. The summed E-state index contributed by atoms with van der Waals surface area (Å²) in [6, 6.07) is 11.4. The molecule has 6 nitrogen and oxygen atoms in total. The molecule has 0 fully saturated rings. The van der Waals surface area contributed by atoms with Crippen LogP contribution in [0, 0.1) is 5.92 Å². The molecule has 0 radical (unpaired) electrons. The lowest BCUT2D eigenvalue weighted by Crippen LogP contribution is -2.26. The van der Waals surface area contributed by atoms with E-state index in [1.165, 1.54) is 16.9 Å². The minimum Gasteiger partial charge on any atom is -0.459 e. The molecule has 0 saturated carbocycles. The van der Waals surface area contributed by atoms with Gasteiger partial charge in [0.2, 0.25) is 0 Å². The molecule has 148 valence electrons. The fourth-order valence-electron chi connectivity index (χ4n) is 3.81. The molecule has 0 N–H and O–H groups in total. The Bertz CT molecular complexity index is 1180. The van der Waals surface area contributed by atoms with Crippen LogP contribution in [0.3, 0.4) is 0 Å². The SMILES string of the molecule is C[C@H]1CCN(Cc2cc3ccccc3o2)C=C1c1cc(C(F)F)nc2ncnn12. The van der Waals surface area contributed by atoms with Gasteiger partial charge in [0.15, 0.2) is 0 Å². The van der Waals surface area contributed by atoms with E-state index >= 15 is 0 Å². The van der Waals surface area contributed by atoms with E-state index in [0.29, 0.717) is 12.2 Å². The van der Waals surface area contributed by atoms with Crippen molar-refractivity contribution >= 4 is 22.3 Å². The second-order valence-electron chi connectivity index (χ2n) is 7.33.